The molecule has 2 rings (SSSR count). The largest absolute Gasteiger partial charge is 0.366 e. The maximum atomic E-state index is 12.1. The molecule has 6 nitrogen and oxygen atoms in total. The lowest BCUT2D eigenvalue weighted by Gasteiger charge is -2.36. The number of primary sulfonamides is 1. The number of nitrogens with zero attached hydrogens (tertiary/aromatic N) is 1. The van der Waals surface area contributed by atoms with Gasteiger partial charge >= 0.3 is 0 Å². The highest BCUT2D eigenvalue weighted by molar-refractivity contribution is 8.14. The van der Waals surface area contributed by atoms with Crippen molar-refractivity contribution >= 4 is 38.6 Å². The molecule has 1 aliphatic heterocycles. The number of rotatable bonds is 4. The van der Waals surface area contributed by atoms with Crippen LogP contribution in [0.5, 0.6) is 0 Å². The van der Waals surface area contributed by atoms with Gasteiger partial charge in [0.2, 0.25) is 10.0 Å². The van der Waals surface area contributed by atoms with Crippen LogP contribution in [0.25, 0.3) is 0 Å². The highest BCUT2D eigenvalue weighted by Crippen LogP contribution is 2.46. The quantitative estimate of drug-likeness (QED) is 0.852. The summed E-state index contributed by atoms with van der Waals surface area (Å²) in [6.45, 7) is 3.90. The Morgan fingerprint density at radius 1 is 1.45 bits per heavy atom. The van der Waals surface area contributed by atoms with Crippen LogP contribution < -0.4 is 5.14 Å². The third kappa shape index (κ3) is 2.74. The Morgan fingerprint density at radius 3 is 2.59 bits per heavy atom. The maximum Gasteiger partial charge on any atom is 0.284 e. The molecule has 1 amide bonds. The van der Waals surface area contributed by atoms with E-state index in [9.17, 15) is 18.3 Å². The molecule has 122 valence electrons. The first-order valence-corrected chi connectivity index (χ1v) is 9.50. The number of aliphatic hydroxyl groups is 1. The molecule has 1 heterocycles. The van der Waals surface area contributed by atoms with Crippen LogP contribution in [0.4, 0.5) is 4.79 Å². The molecular formula is C13H17ClN2O4S2. The standard InChI is InChI=1S/C13H17ClN2O4S2/c1-3-11-13(18,16(4-2)12(17)21-11)8-5-6-9(14)10(7-8)22(15,19)20/h5-7,11,18H,3-4H2,1-2H3,(H2,15,19,20). The van der Waals surface area contributed by atoms with E-state index in [1.165, 1.54) is 23.1 Å². The Kier molecular flexibility index (Phi) is 4.79. The lowest BCUT2D eigenvalue weighted by Crippen LogP contribution is -2.48. The summed E-state index contributed by atoms with van der Waals surface area (Å²) in [5.74, 6) is 0. The van der Waals surface area contributed by atoms with E-state index in [1.54, 1.807) is 6.92 Å². The van der Waals surface area contributed by atoms with Crippen molar-refractivity contribution in [3.05, 3.63) is 28.8 Å². The fraction of sp³-hybridized carbons (Fsp3) is 0.462. The molecule has 9 heteroatoms. The Hall–Kier alpha value is -0.800. The second-order valence-corrected chi connectivity index (χ2v) is 8.03. The Bertz CT molecular complexity index is 710. The first-order valence-electron chi connectivity index (χ1n) is 6.69. The van der Waals surface area contributed by atoms with Gasteiger partial charge < -0.3 is 10.0 Å². The van der Waals surface area contributed by atoms with Crippen molar-refractivity contribution in [2.45, 2.75) is 36.1 Å². The van der Waals surface area contributed by atoms with Gasteiger partial charge in [0.05, 0.1) is 10.3 Å². The number of nitrogens with two attached hydrogens (primary N) is 1. The van der Waals surface area contributed by atoms with Crippen molar-refractivity contribution in [3.8, 4) is 0 Å². The third-order valence-corrected chi connectivity index (χ3v) is 6.43. The van der Waals surface area contributed by atoms with E-state index in [-0.39, 0.29) is 20.7 Å². The summed E-state index contributed by atoms with van der Waals surface area (Å²) in [5.41, 5.74) is -1.30. The van der Waals surface area contributed by atoms with E-state index in [4.69, 9.17) is 16.7 Å². The van der Waals surface area contributed by atoms with Gasteiger partial charge in [-0.15, -0.1) is 0 Å². The van der Waals surface area contributed by atoms with Gasteiger partial charge in [0.1, 0.15) is 4.90 Å². The summed E-state index contributed by atoms with van der Waals surface area (Å²) >= 11 is 6.92. The summed E-state index contributed by atoms with van der Waals surface area (Å²) in [7, 11) is -4.03. The van der Waals surface area contributed by atoms with Crippen LogP contribution in [-0.2, 0) is 15.7 Å². The predicted octanol–water partition coefficient (Wildman–Crippen LogP) is 2.10. The molecule has 22 heavy (non-hydrogen) atoms. The number of carbonyl (C=O) groups excluding carboxylic acids is 1. The molecule has 1 saturated heterocycles. The Labute approximate surface area is 138 Å². The van der Waals surface area contributed by atoms with Crippen LogP contribution in [0.15, 0.2) is 23.1 Å². The van der Waals surface area contributed by atoms with Crippen molar-refractivity contribution in [3.63, 3.8) is 0 Å². The molecule has 0 bridgehead atoms. The number of halogens is 1. The maximum absolute atomic E-state index is 12.1. The van der Waals surface area contributed by atoms with Crippen LogP contribution in [0, 0.1) is 0 Å². The molecule has 0 aromatic heterocycles. The van der Waals surface area contributed by atoms with Gasteiger partial charge in [0.25, 0.3) is 5.24 Å². The normalized spacial score (nSPS) is 25.8. The van der Waals surface area contributed by atoms with Crippen LogP contribution >= 0.6 is 23.4 Å². The summed E-state index contributed by atoms with van der Waals surface area (Å²) in [6, 6.07) is 4.12. The van der Waals surface area contributed by atoms with Crippen LogP contribution in [0.1, 0.15) is 25.8 Å². The van der Waals surface area contributed by atoms with E-state index in [1.807, 2.05) is 6.92 Å². The fourth-order valence-electron chi connectivity index (χ4n) is 2.61. The average Bonchev–Trinajstić information content (AvgIpc) is 2.69. The van der Waals surface area contributed by atoms with Crippen molar-refractivity contribution in [1.29, 1.82) is 0 Å². The van der Waals surface area contributed by atoms with Gasteiger partial charge in [-0.1, -0.05) is 36.4 Å². The third-order valence-electron chi connectivity index (χ3n) is 3.67. The minimum Gasteiger partial charge on any atom is -0.366 e. The van der Waals surface area contributed by atoms with Gasteiger partial charge in [-0.2, -0.15) is 0 Å². The Morgan fingerprint density at radius 2 is 2.09 bits per heavy atom. The number of thioether (sulfide) groups is 1. The van der Waals surface area contributed by atoms with Gasteiger partial charge in [-0.3, -0.25) is 4.79 Å². The minimum atomic E-state index is -4.03. The lowest BCUT2D eigenvalue weighted by atomic mass is 9.96. The van der Waals surface area contributed by atoms with Crippen molar-refractivity contribution in [1.82, 2.24) is 4.90 Å². The van der Waals surface area contributed by atoms with Crippen molar-refractivity contribution < 1.29 is 18.3 Å². The smallest absolute Gasteiger partial charge is 0.284 e. The molecule has 0 aliphatic carbocycles. The molecule has 0 radical (unpaired) electrons. The average molecular weight is 365 g/mol. The van der Waals surface area contributed by atoms with E-state index in [2.05, 4.69) is 0 Å². The number of benzene rings is 1. The number of carbonyl (C=O) groups is 1. The molecule has 1 aliphatic rings. The van der Waals surface area contributed by atoms with Crippen LogP contribution in [-0.4, -0.2) is 35.5 Å². The lowest BCUT2D eigenvalue weighted by molar-refractivity contribution is -0.0759. The second-order valence-electron chi connectivity index (χ2n) is 4.94. The molecule has 1 aromatic carbocycles. The molecule has 2 atom stereocenters. The molecule has 3 N–H and O–H groups in total. The zero-order valence-electron chi connectivity index (χ0n) is 12.1. The minimum absolute atomic E-state index is 0.0251. The summed E-state index contributed by atoms with van der Waals surface area (Å²) < 4.78 is 23.2. The molecule has 2 unspecified atom stereocenters. The number of hydrogen-bond donors (Lipinski definition) is 2. The second kappa shape index (κ2) is 6.01. The molecule has 1 fully saturated rings. The van der Waals surface area contributed by atoms with Crippen LogP contribution in [0.3, 0.4) is 0 Å². The van der Waals surface area contributed by atoms with E-state index in [0.29, 0.717) is 13.0 Å². The fourth-order valence-corrected chi connectivity index (χ4v) is 4.92. The summed E-state index contributed by atoms with van der Waals surface area (Å²) in [6.07, 6.45) is 0.538. The van der Waals surface area contributed by atoms with Gasteiger partial charge in [-0.05, 0) is 25.5 Å². The SMILES string of the molecule is CCC1SC(=O)N(CC)C1(O)c1ccc(Cl)c(S(N)(=O)=O)c1. The zero-order chi connectivity index (χ0) is 16.7. The number of hydrogen-bond acceptors (Lipinski definition) is 5. The van der Waals surface area contributed by atoms with Crippen molar-refractivity contribution in [2.24, 2.45) is 5.14 Å². The van der Waals surface area contributed by atoms with Gasteiger partial charge in [0.15, 0.2) is 5.72 Å². The monoisotopic (exact) mass is 364 g/mol. The summed E-state index contributed by atoms with van der Waals surface area (Å²) in [4.78, 5) is 13.1. The topological polar surface area (TPSA) is 101 Å². The van der Waals surface area contributed by atoms with Gasteiger partial charge in [-0.25, -0.2) is 13.6 Å². The van der Waals surface area contributed by atoms with E-state index < -0.39 is 21.0 Å². The van der Waals surface area contributed by atoms with E-state index in [0.717, 1.165) is 11.8 Å². The Balaban J connectivity index is 2.65. The van der Waals surface area contributed by atoms with Crippen LogP contribution in [0.2, 0.25) is 5.02 Å². The molecule has 0 spiro atoms. The predicted molar refractivity (Wildman–Crippen MR) is 86.2 cm³/mol. The van der Waals surface area contributed by atoms with Gasteiger partial charge in [0, 0.05) is 12.1 Å². The van der Waals surface area contributed by atoms with Crippen molar-refractivity contribution in [2.75, 3.05) is 6.54 Å². The summed E-state index contributed by atoms with van der Waals surface area (Å²) in [5, 5.41) is 15.6. The number of sulfonamides is 1. The number of amides is 1. The highest BCUT2D eigenvalue weighted by Gasteiger charge is 2.52. The first-order chi connectivity index (χ1) is 10.2. The highest BCUT2D eigenvalue weighted by atomic mass is 35.5. The molecule has 1 aromatic rings. The molecule has 0 saturated carbocycles. The van der Waals surface area contributed by atoms with E-state index >= 15 is 0 Å². The molecular weight excluding hydrogens is 348 g/mol. The zero-order valence-corrected chi connectivity index (χ0v) is 14.5. The first kappa shape index (κ1) is 17.6.